The zero-order valence-corrected chi connectivity index (χ0v) is 14.4. The molecule has 6 heteroatoms. The minimum atomic E-state index is -0.437. The molecule has 3 nitrogen and oxygen atoms in total. The Morgan fingerprint density at radius 2 is 2.24 bits per heavy atom. The standard InChI is InChI=1S/C15H20BrFN2O.ClH/c1-15(18)7-3-2-4-11(15)14(20)19-9-10-5-6-12(16)13(17)8-10;/h5-6,8,11H,2-4,7,9,18H2,1H3,(H,19,20);1H. The van der Waals surface area contributed by atoms with E-state index in [2.05, 4.69) is 21.2 Å². The average molecular weight is 380 g/mol. The molecule has 2 unspecified atom stereocenters. The minimum Gasteiger partial charge on any atom is -0.352 e. The van der Waals surface area contributed by atoms with E-state index < -0.39 is 5.54 Å². The van der Waals surface area contributed by atoms with Crippen LogP contribution < -0.4 is 11.1 Å². The van der Waals surface area contributed by atoms with Gasteiger partial charge in [-0.05, 0) is 53.4 Å². The normalized spacial score (nSPS) is 25.0. The predicted molar refractivity (Wildman–Crippen MR) is 87.7 cm³/mol. The van der Waals surface area contributed by atoms with Gasteiger partial charge in [0.2, 0.25) is 5.91 Å². The van der Waals surface area contributed by atoms with Gasteiger partial charge in [-0.2, -0.15) is 0 Å². The Bertz CT molecular complexity index is 510. The minimum absolute atomic E-state index is 0. The number of amides is 1. The highest BCUT2D eigenvalue weighted by Crippen LogP contribution is 2.31. The summed E-state index contributed by atoms with van der Waals surface area (Å²) < 4.78 is 13.8. The van der Waals surface area contributed by atoms with E-state index >= 15 is 0 Å². The molecular formula is C15H21BrClFN2O. The van der Waals surface area contributed by atoms with Gasteiger partial charge in [0.25, 0.3) is 0 Å². The third-order valence-electron chi connectivity index (χ3n) is 4.02. The van der Waals surface area contributed by atoms with E-state index in [0.29, 0.717) is 11.0 Å². The molecule has 1 aliphatic carbocycles. The highest BCUT2D eigenvalue weighted by Gasteiger charge is 2.37. The number of rotatable bonds is 3. The number of carbonyl (C=O) groups is 1. The summed E-state index contributed by atoms with van der Waals surface area (Å²) in [5, 5.41) is 2.87. The lowest BCUT2D eigenvalue weighted by Crippen LogP contribution is -2.52. The van der Waals surface area contributed by atoms with Crippen molar-refractivity contribution in [3.05, 3.63) is 34.1 Å². The lowest BCUT2D eigenvalue weighted by Gasteiger charge is -2.37. The Morgan fingerprint density at radius 3 is 2.86 bits per heavy atom. The van der Waals surface area contributed by atoms with Gasteiger partial charge in [-0.25, -0.2) is 4.39 Å². The molecule has 0 radical (unpaired) electrons. The smallest absolute Gasteiger partial charge is 0.225 e. The molecule has 0 spiro atoms. The molecule has 118 valence electrons. The van der Waals surface area contributed by atoms with Gasteiger partial charge in [0, 0.05) is 12.1 Å². The van der Waals surface area contributed by atoms with Gasteiger partial charge in [0.15, 0.2) is 0 Å². The fourth-order valence-corrected chi connectivity index (χ4v) is 3.00. The third kappa shape index (κ3) is 4.66. The summed E-state index contributed by atoms with van der Waals surface area (Å²) in [4.78, 5) is 12.2. The molecule has 0 heterocycles. The maximum absolute atomic E-state index is 13.4. The molecule has 1 fully saturated rings. The monoisotopic (exact) mass is 378 g/mol. The second-order valence-corrected chi connectivity index (χ2v) is 6.62. The zero-order valence-electron chi connectivity index (χ0n) is 12.0. The lowest BCUT2D eigenvalue weighted by molar-refractivity contribution is -0.128. The maximum atomic E-state index is 13.4. The van der Waals surface area contributed by atoms with Crippen LogP contribution in [0.15, 0.2) is 22.7 Å². The first-order chi connectivity index (χ1) is 9.40. The number of benzene rings is 1. The quantitative estimate of drug-likeness (QED) is 0.844. The van der Waals surface area contributed by atoms with E-state index in [1.807, 2.05) is 6.92 Å². The van der Waals surface area contributed by atoms with E-state index in [-0.39, 0.29) is 30.0 Å². The Labute approximate surface area is 139 Å². The first kappa shape index (κ1) is 18.4. The van der Waals surface area contributed by atoms with Crippen molar-refractivity contribution in [1.82, 2.24) is 5.32 Å². The van der Waals surface area contributed by atoms with Crippen LogP contribution in [0.25, 0.3) is 0 Å². The highest BCUT2D eigenvalue weighted by atomic mass is 79.9. The summed E-state index contributed by atoms with van der Waals surface area (Å²) in [6.07, 6.45) is 3.82. The van der Waals surface area contributed by atoms with Crippen molar-refractivity contribution in [2.24, 2.45) is 11.7 Å². The van der Waals surface area contributed by atoms with E-state index in [9.17, 15) is 9.18 Å². The van der Waals surface area contributed by atoms with Crippen LogP contribution in [0.3, 0.4) is 0 Å². The van der Waals surface area contributed by atoms with Crippen LogP contribution in [0.1, 0.15) is 38.2 Å². The summed E-state index contributed by atoms with van der Waals surface area (Å²) in [5.41, 5.74) is 6.52. The molecule has 0 aliphatic heterocycles. The van der Waals surface area contributed by atoms with Gasteiger partial charge in [-0.1, -0.05) is 18.9 Å². The predicted octanol–water partition coefficient (Wildman–Crippen LogP) is 3.53. The molecule has 3 N–H and O–H groups in total. The second-order valence-electron chi connectivity index (χ2n) is 5.77. The van der Waals surface area contributed by atoms with Crippen LogP contribution in [-0.2, 0) is 11.3 Å². The van der Waals surface area contributed by atoms with Gasteiger partial charge >= 0.3 is 0 Å². The third-order valence-corrected chi connectivity index (χ3v) is 4.66. The van der Waals surface area contributed by atoms with Crippen LogP contribution in [0.5, 0.6) is 0 Å². The van der Waals surface area contributed by atoms with E-state index in [4.69, 9.17) is 5.73 Å². The molecule has 1 saturated carbocycles. The molecule has 2 rings (SSSR count). The number of carbonyl (C=O) groups excluding carboxylic acids is 1. The molecule has 1 amide bonds. The van der Waals surface area contributed by atoms with Crippen LogP contribution in [0, 0.1) is 11.7 Å². The van der Waals surface area contributed by atoms with Crippen LogP contribution >= 0.6 is 28.3 Å². The zero-order chi connectivity index (χ0) is 14.8. The van der Waals surface area contributed by atoms with Gasteiger partial charge in [-0.3, -0.25) is 4.79 Å². The summed E-state index contributed by atoms with van der Waals surface area (Å²) >= 11 is 3.11. The summed E-state index contributed by atoms with van der Waals surface area (Å²) in [6, 6.07) is 4.85. The van der Waals surface area contributed by atoms with Crippen molar-refractivity contribution in [2.75, 3.05) is 0 Å². The maximum Gasteiger partial charge on any atom is 0.225 e. The van der Waals surface area contributed by atoms with Gasteiger partial charge < -0.3 is 11.1 Å². The number of nitrogens with two attached hydrogens (primary N) is 1. The Hall–Kier alpha value is -0.650. The van der Waals surface area contributed by atoms with Crippen LogP contribution in [0.2, 0.25) is 0 Å². The Kier molecular flexibility index (Phi) is 6.63. The largest absolute Gasteiger partial charge is 0.352 e. The fraction of sp³-hybridized carbons (Fsp3) is 0.533. The molecule has 0 aromatic heterocycles. The van der Waals surface area contributed by atoms with Gasteiger partial charge in [0.05, 0.1) is 10.4 Å². The number of hydrogen-bond acceptors (Lipinski definition) is 2. The number of nitrogens with one attached hydrogen (secondary N) is 1. The van der Waals surface area contributed by atoms with E-state index in [1.54, 1.807) is 12.1 Å². The Morgan fingerprint density at radius 1 is 1.52 bits per heavy atom. The summed E-state index contributed by atoms with van der Waals surface area (Å²) in [5.74, 6) is -0.507. The summed E-state index contributed by atoms with van der Waals surface area (Å²) in [6.45, 7) is 2.27. The highest BCUT2D eigenvalue weighted by molar-refractivity contribution is 9.10. The topological polar surface area (TPSA) is 55.1 Å². The molecule has 21 heavy (non-hydrogen) atoms. The van der Waals surface area contributed by atoms with Gasteiger partial charge in [0.1, 0.15) is 5.82 Å². The second kappa shape index (κ2) is 7.56. The van der Waals surface area contributed by atoms with E-state index in [0.717, 1.165) is 31.2 Å². The van der Waals surface area contributed by atoms with Crippen molar-refractivity contribution in [3.8, 4) is 0 Å². The van der Waals surface area contributed by atoms with E-state index in [1.165, 1.54) is 6.07 Å². The van der Waals surface area contributed by atoms with Crippen molar-refractivity contribution >= 4 is 34.2 Å². The first-order valence-corrected chi connectivity index (χ1v) is 7.70. The van der Waals surface area contributed by atoms with Crippen molar-refractivity contribution < 1.29 is 9.18 Å². The van der Waals surface area contributed by atoms with Gasteiger partial charge in [-0.15, -0.1) is 12.4 Å². The molecule has 2 atom stereocenters. The fourth-order valence-electron chi connectivity index (χ4n) is 2.75. The number of halogens is 3. The SMILES string of the molecule is CC1(N)CCCCC1C(=O)NCc1ccc(Br)c(F)c1.Cl. The van der Waals surface area contributed by atoms with Crippen molar-refractivity contribution in [3.63, 3.8) is 0 Å². The van der Waals surface area contributed by atoms with Crippen molar-refractivity contribution in [2.45, 2.75) is 44.7 Å². The summed E-state index contributed by atoms with van der Waals surface area (Å²) in [7, 11) is 0. The molecule has 1 aromatic rings. The molecule has 0 saturated heterocycles. The number of hydrogen-bond donors (Lipinski definition) is 2. The Balaban J connectivity index is 0.00000220. The molecule has 0 bridgehead atoms. The first-order valence-electron chi connectivity index (χ1n) is 6.91. The average Bonchev–Trinajstić information content (AvgIpc) is 2.39. The molecular weight excluding hydrogens is 359 g/mol. The molecule has 1 aliphatic rings. The van der Waals surface area contributed by atoms with Crippen LogP contribution in [-0.4, -0.2) is 11.4 Å². The lowest BCUT2D eigenvalue weighted by atomic mass is 9.74. The molecule has 1 aromatic carbocycles. The van der Waals surface area contributed by atoms with Crippen molar-refractivity contribution in [1.29, 1.82) is 0 Å². The van der Waals surface area contributed by atoms with Crippen LogP contribution in [0.4, 0.5) is 4.39 Å².